The van der Waals surface area contributed by atoms with Gasteiger partial charge in [0.2, 0.25) is 11.7 Å². The largest absolute Gasteiger partial charge is 0.367 e. The predicted octanol–water partition coefficient (Wildman–Crippen LogP) is 2.32. The van der Waals surface area contributed by atoms with Crippen molar-refractivity contribution < 1.29 is 9.26 Å². The molecule has 0 aliphatic rings. The Kier molecular flexibility index (Phi) is 4.27. The fourth-order valence-corrected chi connectivity index (χ4v) is 1.78. The molecule has 0 bridgehead atoms. The van der Waals surface area contributed by atoms with Crippen LogP contribution in [0.3, 0.4) is 0 Å². The molecule has 5 nitrogen and oxygen atoms in total. The molecule has 1 heterocycles. The van der Waals surface area contributed by atoms with Crippen LogP contribution < -0.4 is 5.73 Å². The first kappa shape index (κ1) is 14.1. The van der Waals surface area contributed by atoms with Crippen molar-refractivity contribution in [3.8, 4) is 0 Å². The van der Waals surface area contributed by atoms with Gasteiger partial charge in [0, 0.05) is 6.61 Å². The van der Waals surface area contributed by atoms with E-state index in [1.165, 1.54) is 0 Å². The molecule has 0 radical (unpaired) electrons. The Morgan fingerprint density at radius 2 is 1.82 bits per heavy atom. The summed E-state index contributed by atoms with van der Waals surface area (Å²) in [4.78, 5) is 4.39. The van der Waals surface area contributed by atoms with Crippen molar-refractivity contribution >= 4 is 0 Å². The van der Waals surface area contributed by atoms with Gasteiger partial charge >= 0.3 is 0 Å². The van der Waals surface area contributed by atoms with Crippen LogP contribution in [0, 0.1) is 0 Å². The molecule has 98 valence electrons. The highest BCUT2D eigenvalue weighted by Gasteiger charge is 2.36. The first-order valence-corrected chi connectivity index (χ1v) is 6.17. The maximum Gasteiger partial charge on any atom is 0.246 e. The molecule has 0 aromatic carbocycles. The summed E-state index contributed by atoms with van der Waals surface area (Å²) in [5.74, 6) is 1.04. The van der Waals surface area contributed by atoms with E-state index in [2.05, 4.69) is 24.0 Å². The molecule has 1 aromatic heterocycles. The van der Waals surface area contributed by atoms with Gasteiger partial charge in [-0.25, -0.2) is 0 Å². The number of hydrogen-bond acceptors (Lipinski definition) is 5. The zero-order chi connectivity index (χ0) is 13.1. The van der Waals surface area contributed by atoms with Crippen molar-refractivity contribution in [1.29, 1.82) is 0 Å². The summed E-state index contributed by atoms with van der Waals surface area (Å²) in [6.07, 6.45) is 1.61. The number of aromatic nitrogens is 2. The quantitative estimate of drug-likeness (QED) is 0.827. The number of hydrogen-bond donors (Lipinski definition) is 1. The molecule has 0 saturated heterocycles. The molecule has 0 fully saturated rings. The summed E-state index contributed by atoms with van der Waals surface area (Å²) >= 11 is 0. The van der Waals surface area contributed by atoms with Gasteiger partial charge in [-0.2, -0.15) is 4.98 Å². The van der Waals surface area contributed by atoms with Crippen LogP contribution >= 0.6 is 0 Å². The van der Waals surface area contributed by atoms with Gasteiger partial charge in [0.05, 0.1) is 5.54 Å². The molecule has 2 N–H and O–H groups in total. The normalized spacial score (nSPS) is 13.1. The number of nitrogens with two attached hydrogens (primary N) is 1. The minimum absolute atomic E-state index is 0.443. The van der Waals surface area contributed by atoms with Crippen LogP contribution in [0.15, 0.2) is 4.52 Å². The molecule has 0 aliphatic heterocycles. The second kappa shape index (κ2) is 5.14. The van der Waals surface area contributed by atoms with E-state index in [1.54, 1.807) is 0 Å². The molecule has 0 atom stereocenters. The Morgan fingerprint density at radius 3 is 2.18 bits per heavy atom. The third-order valence-corrected chi connectivity index (χ3v) is 2.95. The molecule has 0 unspecified atom stereocenters. The lowest BCUT2D eigenvalue weighted by molar-refractivity contribution is -0.0583. The van der Waals surface area contributed by atoms with Crippen molar-refractivity contribution in [2.45, 2.75) is 58.6 Å². The van der Waals surface area contributed by atoms with Gasteiger partial charge in [0.25, 0.3) is 0 Å². The molecule has 1 rings (SSSR count). The third-order valence-electron chi connectivity index (χ3n) is 2.95. The lowest BCUT2D eigenvalue weighted by atomic mass is 9.96. The average Bonchev–Trinajstić information content (AvgIpc) is 2.75. The van der Waals surface area contributed by atoms with Crippen LogP contribution in [0.25, 0.3) is 0 Å². The molecule has 5 heteroatoms. The summed E-state index contributed by atoms with van der Waals surface area (Å²) in [6, 6.07) is 0. The van der Waals surface area contributed by atoms with Crippen LogP contribution in [0.2, 0.25) is 0 Å². The summed E-state index contributed by atoms with van der Waals surface area (Å²) < 4.78 is 11.0. The molecule has 0 aliphatic carbocycles. The lowest BCUT2D eigenvalue weighted by Crippen LogP contribution is -2.32. The van der Waals surface area contributed by atoms with E-state index in [0.717, 1.165) is 12.8 Å². The number of rotatable bonds is 6. The highest BCUT2D eigenvalue weighted by molar-refractivity contribution is 5.05. The molecule has 17 heavy (non-hydrogen) atoms. The molecule has 0 spiro atoms. The van der Waals surface area contributed by atoms with Gasteiger partial charge in [-0.15, -0.1) is 0 Å². The topological polar surface area (TPSA) is 74.2 Å². The smallest absolute Gasteiger partial charge is 0.246 e. The Labute approximate surface area is 103 Å². The van der Waals surface area contributed by atoms with E-state index in [9.17, 15) is 0 Å². The number of nitrogens with zero attached hydrogens (tertiary/aromatic N) is 2. The third kappa shape index (κ3) is 2.84. The maximum atomic E-state index is 5.93. The van der Waals surface area contributed by atoms with Crippen molar-refractivity contribution in [2.75, 3.05) is 6.61 Å². The van der Waals surface area contributed by atoms with Crippen LogP contribution in [0.5, 0.6) is 0 Å². The Morgan fingerprint density at radius 1 is 1.24 bits per heavy atom. The van der Waals surface area contributed by atoms with Crippen LogP contribution in [-0.2, 0) is 15.9 Å². The fourth-order valence-electron chi connectivity index (χ4n) is 1.78. The van der Waals surface area contributed by atoms with Crippen molar-refractivity contribution in [1.82, 2.24) is 10.1 Å². The highest BCUT2D eigenvalue weighted by Crippen LogP contribution is 2.31. The highest BCUT2D eigenvalue weighted by atomic mass is 16.5. The van der Waals surface area contributed by atoms with E-state index < -0.39 is 11.1 Å². The summed E-state index contributed by atoms with van der Waals surface area (Å²) in [5.41, 5.74) is 4.86. The minimum atomic E-state index is -0.620. The van der Waals surface area contributed by atoms with Crippen LogP contribution in [0.1, 0.15) is 59.2 Å². The lowest BCUT2D eigenvalue weighted by Gasteiger charge is -2.27. The van der Waals surface area contributed by atoms with E-state index >= 15 is 0 Å². The van der Waals surface area contributed by atoms with Gasteiger partial charge in [-0.1, -0.05) is 19.0 Å². The zero-order valence-corrected chi connectivity index (χ0v) is 11.4. The first-order chi connectivity index (χ1) is 7.89. The first-order valence-electron chi connectivity index (χ1n) is 6.17. The molecule has 1 aromatic rings. The molecular weight excluding hydrogens is 218 g/mol. The molecular formula is C12H23N3O2. The SMILES string of the molecule is CCOC(CC)(CC)c1noc(C(C)(C)N)n1. The van der Waals surface area contributed by atoms with E-state index in [-0.39, 0.29) is 0 Å². The number of ether oxygens (including phenoxy) is 1. The predicted molar refractivity (Wildman–Crippen MR) is 65.4 cm³/mol. The second-order valence-electron chi connectivity index (χ2n) is 4.78. The van der Waals surface area contributed by atoms with Crippen LogP contribution in [-0.4, -0.2) is 16.7 Å². The van der Waals surface area contributed by atoms with Crippen molar-refractivity contribution in [2.24, 2.45) is 5.73 Å². The van der Waals surface area contributed by atoms with Gasteiger partial charge in [0.1, 0.15) is 5.60 Å². The van der Waals surface area contributed by atoms with Gasteiger partial charge in [0.15, 0.2) is 0 Å². The maximum absolute atomic E-state index is 5.93. The van der Waals surface area contributed by atoms with E-state index in [0.29, 0.717) is 18.3 Å². The van der Waals surface area contributed by atoms with Gasteiger partial charge < -0.3 is 15.0 Å². The monoisotopic (exact) mass is 241 g/mol. The Balaban J connectivity index is 3.08. The van der Waals surface area contributed by atoms with Crippen molar-refractivity contribution in [3.63, 3.8) is 0 Å². The molecule has 0 saturated carbocycles. The van der Waals surface area contributed by atoms with Gasteiger partial charge in [-0.05, 0) is 33.6 Å². The summed E-state index contributed by atoms with van der Waals surface area (Å²) in [6.45, 7) is 10.4. The van der Waals surface area contributed by atoms with E-state index in [1.807, 2.05) is 20.8 Å². The summed E-state index contributed by atoms with van der Waals surface area (Å²) in [5, 5.41) is 4.02. The Hall–Kier alpha value is -0.940. The second-order valence-corrected chi connectivity index (χ2v) is 4.78. The van der Waals surface area contributed by atoms with E-state index in [4.69, 9.17) is 15.0 Å². The Bertz CT molecular complexity index is 351. The standard InChI is InChI=1S/C12H23N3O2/c1-6-12(7-2,16-8-3)9-14-10(17-15-9)11(4,5)13/h6-8,13H2,1-5H3. The summed E-state index contributed by atoms with van der Waals surface area (Å²) in [7, 11) is 0. The molecule has 0 amide bonds. The minimum Gasteiger partial charge on any atom is -0.367 e. The fraction of sp³-hybridized carbons (Fsp3) is 0.833. The van der Waals surface area contributed by atoms with Crippen molar-refractivity contribution in [3.05, 3.63) is 11.7 Å². The zero-order valence-electron chi connectivity index (χ0n) is 11.4. The average molecular weight is 241 g/mol. The van der Waals surface area contributed by atoms with Gasteiger partial charge in [-0.3, -0.25) is 0 Å². The van der Waals surface area contributed by atoms with Crippen LogP contribution in [0.4, 0.5) is 0 Å².